The zero-order chi connectivity index (χ0) is 19.3. The second-order valence-corrected chi connectivity index (χ2v) is 6.29. The van der Waals surface area contributed by atoms with Gasteiger partial charge in [-0.3, -0.25) is 4.79 Å². The number of amides is 1. The zero-order valence-electron chi connectivity index (χ0n) is 13.8. The van der Waals surface area contributed by atoms with E-state index in [-0.39, 0.29) is 17.1 Å². The van der Waals surface area contributed by atoms with Gasteiger partial charge >= 0.3 is 0 Å². The molecule has 0 atom stereocenters. The van der Waals surface area contributed by atoms with Crippen molar-refractivity contribution >= 4 is 45.2 Å². The lowest BCUT2D eigenvalue weighted by Gasteiger charge is -2.09. The second kappa shape index (κ2) is 8.61. The fourth-order valence-corrected chi connectivity index (χ4v) is 2.81. The summed E-state index contributed by atoms with van der Waals surface area (Å²) in [6.07, 6.45) is 1.38. The van der Waals surface area contributed by atoms with E-state index < -0.39 is 5.91 Å². The van der Waals surface area contributed by atoms with Crippen LogP contribution < -0.4 is 14.8 Å². The Labute approximate surface area is 163 Å². The molecule has 2 aromatic rings. The molecule has 0 aliphatic carbocycles. The van der Waals surface area contributed by atoms with Gasteiger partial charge in [0.2, 0.25) is 0 Å². The number of methoxy groups -OCH3 is 2. The minimum absolute atomic E-state index is 0.0690. The van der Waals surface area contributed by atoms with Crippen molar-refractivity contribution in [3.05, 3.63) is 51.0 Å². The topological polar surface area (TPSA) is 91.6 Å². The van der Waals surface area contributed by atoms with E-state index in [4.69, 9.17) is 21.1 Å². The molecule has 0 fully saturated rings. The number of phenols is 1. The van der Waals surface area contributed by atoms with Gasteiger partial charge in [-0.05, 0) is 57.9 Å². The molecule has 26 heavy (non-hydrogen) atoms. The van der Waals surface area contributed by atoms with Gasteiger partial charge < -0.3 is 19.9 Å². The van der Waals surface area contributed by atoms with E-state index in [9.17, 15) is 15.2 Å². The van der Waals surface area contributed by atoms with Gasteiger partial charge in [0.25, 0.3) is 5.91 Å². The number of ether oxygens (including phenoxy) is 2. The third kappa shape index (κ3) is 4.48. The van der Waals surface area contributed by atoms with E-state index in [2.05, 4.69) is 21.2 Å². The van der Waals surface area contributed by atoms with Crippen LogP contribution in [0.15, 0.2) is 40.4 Å². The lowest BCUT2D eigenvalue weighted by atomic mass is 10.1. The number of rotatable bonds is 5. The second-order valence-electron chi connectivity index (χ2n) is 5.03. The number of halogens is 2. The Balaban J connectivity index is 2.29. The minimum atomic E-state index is -0.600. The number of benzene rings is 2. The summed E-state index contributed by atoms with van der Waals surface area (Å²) in [5, 5.41) is 22.1. The molecule has 8 heteroatoms. The summed E-state index contributed by atoms with van der Waals surface area (Å²) in [6, 6.07) is 9.66. The summed E-state index contributed by atoms with van der Waals surface area (Å²) < 4.78 is 10.5. The molecule has 6 nitrogen and oxygen atoms in total. The van der Waals surface area contributed by atoms with Gasteiger partial charge in [-0.25, -0.2) is 0 Å². The van der Waals surface area contributed by atoms with Gasteiger partial charge in [0.1, 0.15) is 17.4 Å². The van der Waals surface area contributed by atoms with E-state index in [1.165, 1.54) is 32.4 Å². The van der Waals surface area contributed by atoms with Crippen molar-refractivity contribution in [3.63, 3.8) is 0 Å². The molecule has 1 amide bonds. The van der Waals surface area contributed by atoms with Crippen molar-refractivity contribution in [2.24, 2.45) is 0 Å². The molecule has 2 aromatic carbocycles. The Morgan fingerprint density at radius 3 is 2.54 bits per heavy atom. The van der Waals surface area contributed by atoms with Crippen LogP contribution in [-0.4, -0.2) is 25.2 Å². The van der Waals surface area contributed by atoms with Crippen LogP contribution in [-0.2, 0) is 4.79 Å². The van der Waals surface area contributed by atoms with Gasteiger partial charge in [0.05, 0.1) is 23.7 Å². The molecule has 0 unspecified atom stereocenters. The standard InChI is InChI=1S/C18H14BrClN2O4/c1-25-15-4-3-12(8-14(15)20)22-18(24)11(9-21)5-10-6-13(19)17(23)16(7-10)26-2/h3-8,23H,1-2H3,(H,22,24)/b11-5+. The Kier molecular flexibility index (Phi) is 6.50. The molecule has 2 rings (SSSR count). The average Bonchev–Trinajstić information content (AvgIpc) is 2.62. The van der Waals surface area contributed by atoms with Gasteiger partial charge in [-0.1, -0.05) is 11.6 Å². The molecule has 2 N–H and O–H groups in total. The first-order chi connectivity index (χ1) is 12.4. The highest BCUT2D eigenvalue weighted by Crippen LogP contribution is 2.35. The van der Waals surface area contributed by atoms with Gasteiger partial charge in [-0.15, -0.1) is 0 Å². The highest BCUT2D eigenvalue weighted by Gasteiger charge is 2.13. The Morgan fingerprint density at radius 1 is 1.27 bits per heavy atom. The molecule has 0 aromatic heterocycles. The highest BCUT2D eigenvalue weighted by atomic mass is 79.9. The first-order valence-corrected chi connectivity index (χ1v) is 8.40. The minimum Gasteiger partial charge on any atom is -0.503 e. The third-order valence-electron chi connectivity index (χ3n) is 3.36. The van der Waals surface area contributed by atoms with Crippen LogP contribution in [0.4, 0.5) is 5.69 Å². The Morgan fingerprint density at radius 2 is 1.96 bits per heavy atom. The van der Waals surface area contributed by atoms with Crippen LogP contribution in [0.3, 0.4) is 0 Å². The largest absolute Gasteiger partial charge is 0.503 e. The molecule has 0 aliphatic rings. The third-order valence-corrected chi connectivity index (χ3v) is 4.26. The maximum Gasteiger partial charge on any atom is 0.266 e. The van der Waals surface area contributed by atoms with Crippen molar-refractivity contribution in [1.29, 1.82) is 5.26 Å². The van der Waals surface area contributed by atoms with Crippen molar-refractivity contribution in [3.8, 4) is 23.3 Å². The molecule has 0 aliphatic heterocycles. The SMILES string of the molecule is COc1ccc(NC(=O)/C(C#N)=C/c2cc(Br)c(O)c(OC)c2)cc1Cl. The predicted molar refractivity (Wildman–Crippen MR) is 103 cm³/mol. The number of phenolic OH excluding ortho intramolecular Hbond substituents is 1. The fourth-order valence-electron chi connectivity index (χ4n) is 2.09. The number of carbonyl (C=O) groups excluding carboxylic acids is 1. The van der Waals surface area contributed by atoms with Crippen LogP contribution in [0.5, 0.6) is 17.2 Å². The van der Waals surface area contributed by atoms with Crippen LogP contribution in [0.1, 0.15) is 5.56 Å². The van der Waals surface area contributed by atoms with Crippen LogP contribution >= 0.6 is 27.5 Å². The smallest absolute Gasteiger partial charge is 0.266 e. The number of nitriles is 1. The zero-order valence-corrected chi connectivity index (χ0v) is 16.2. The summed E-state index contributed by atoms with van der Waals surface area (Å²) in [5.41, 5.74) is 0.800. The van der Waals surface area contributed by atoms with Crippen LogP contribution in [0.25, 0.3) is 6.08 Å². The monoisotopic (exact) mass is 436 g/mol. The van der Waals surface area contributed by atoms with E-state index in [1.807, 2.05) is 6.07 Å². The molecule has 0 saturated carbocycles. The summed E-state index contributed by atoms with van der Waals surface area (Å²) in [6.45, 7) is 0. The normalized spacial score (nSPS) is 10.8. The number of nitrogens with one attached hydrogen (secondary N) is 1. The first-order valence-electron chi connectivity index (χ1n) is 7.22. The summed E-state index contributed by atoms with van der Waals surface area (Å²) in [7, 11) is 2.89. The molecule has 134 valence electrons. The van der Waals surface area contributed by atoms with Crippen molar-refractivity contribution < 1.29 is 19.4 Å². The number of nitrogens with zero attached hydrogens (tertiary/aromatic N) is 1. The molecular formula is C18H14BrClN2O4. The molecule has 0 heterocycles. The van der Waals surface area contributed by atoms with E-state index >= 15 is 0 Å². The molecule has 0 radical (unpaired) electrons. The molecule has 0 bridgehead atoms. The first kappa shape index (κ1) is 19.6. The fraction of sp³-hybridized carbons (Fsp3) is 0.111. The van der Waals surface area contributed by atoms with E-state index in [1.54, 1.807) is 18.2 Å². The lowest BCUT2D eigenvalue weighted by Crippen LogP contribution is -2.13. The predicted octanol–water partition coefficient (Wildman–Crippen LogP) is 4.37. The van der Waals surface area contributed by atoms with Gasteiger partial charge in [0, 0.05) is 5.69 Å². The maximum atomic E-state index is 12.4. The van der Waals surface area contributed by atoms with E-state index in [0.717, 1.165) is 0 Å². The summed E-state index contributed by atoms with van der Waals surface area (Å²) >= 11 is 9.22. The highest BCUT2D eigenvalue weighted by molar-refractivity contribution is 9.10. The number of anilines is 1. The lowest BCUT2D eigenvalue weighted by molar-refractivity contribution is -0.112. The quantitative estimate of drug-likeness (QED) is 0.535. The average molecular weight is 438 g/mol. The summed E-state index contributed by atoms with van der Waals surface area (Å²) in [4.78, 5) is 12.4. The van der Waals surface area contributed by atoms with Crippen molar-refractivity contribution in [2.75, 3.05) is 19.5 Å². The van der Waals surface area contributed by atoms with Gasteiger partial charge in [0.15, 0.2) is 11.5 Å². The molecular weight excluding hydrogens is 424 g/mol. The van der Waals surface area contributed by atoms with Crippen molar-refractivity contribution in [2.45, 2.75) is 0 Å². The Hall–Kier alpha value is -2.69. The van der Waals surface area contributed by atoms with Crippen LogP contribution in [0.2, 0.25) is 5.02 Å². The number of hydrogen-bond acceptors (Lipinski definition) is 5. The number of hydrogen-bond donors (Lipinski definition) is 2. The number of aromatic hydroxyl groups is 1. The molecule has 0 spiro atoms. The van der Waals surface area contributed by atoms with Gasteiger partial charge in [-0.2, -0.15) is 5.26 Å². The van der Waals surface area contributed by atoms with Crippen molar-refractivity contribution in [1.82, 2.24) is 0 Å². The number of carbonyl (C=O) groups is 1. The summed E-state index contributed by atoms with van der Waals surface area (Å²) in [5.74, 6) is 0.0180. The van der Waals surface area contributed by atoms with E-state index in [0.29, 0.717) is 26.5 Å². The maximum absolute atomic E-state index is 12.4. The van der Waals surface area contributed by atoms with Crippen LogP contribution in [0, 0.1) is 11.3 Å². The Bertz CT molecular complexity index is 922. The molecule has 0 saturated heterocycles.